The summed E-state index contributed by atoms with van der Waals surface area (Å²) in [5.74, 6) is 0. The molecule has 2 nitrogen and oxygen atoms in total. The average molecular weight is 278 g/mol. The van der Waals surface area contributed by atoms with Crippen LogP contribution in [0.5, 0.6) is 0 Å². The molecule has 1 heterocycles. The van der Waals surface area contributed by atoms with Gasteiger partial charge in [-0.1, -0.05) is 48.0 Å². The highest BCUT2D eigenvalue weighted by Gasteiger charge is 2.20. The average Bonchev–Trinajstić information content (AvgIpc) is 2.86. The molecule has 0 aliphatic heterocycles. The Morgan fingerprint density at radius 3 is 2.33 bits per heavy atom. The number of hydrogen-bond donors (Lipinski definition) is 1. The number of aromatic amines is 1. The highest BCUT2D eigenvalue weighted by molar-refractivity contribution is 5.86. The van der Waals surface area contributed by atoms with Crippen LogP contribution >= 0.6 is 0 Å². The van der Waals surface area contributed by atoms with E-state index in [0.29, 0.717) is 0 Å². The Morgan fingerprint density at radius 2 is 1.67 bits per heavy atom. The van der Waals surface area contributed by atoms with Crippen LogP contribution < -0.4 is 0 Å². The van der Waals surface area contributed by atoms with Crippen molar-refractivity contribution in [1.82, 2.24) is 9.88 Å². The molecule has 108 valence electrons. The van der Waals surface area contributed by atoms with E-state index in [2.05, 4.69) is 86.5 Å². The molecule has 0 radical (unpaired) electrons. The minimum absolute atomic E-state index is 0.265. The molecule has 0 amide bonds. The molecule has 3 aromatic rings. The maximum absolute atomic E-state index is 3.45. The van der Waals surface area contributed by atoms with Gasteiger partial charge >= 0.3 is 0 Å². The van der Waals surface area contributed by atoms with Gasteiger partial charge in [0, 0.05) is 17.1 Å². The van der Waals surface area contributed by atoms with Crippen LogP contribution in [-0.4, -0.2) is 24.0 Å². The predicted octanol–water partition coefficient (Wildman–Crippen LogP) is 4.44. The second-order valence-electron chi connectivity index (χ2n) is 6.02. The van der Waals surface area contributed by atoms with Gasteiger partial charge < -0.3 is 4.98 Å². The summed E-state index contributed by atoms with van der Waals surface area (Å²) < 4.78 is 0. The Hall–Kier alpha value is -2.06. The second-order valence-corrected chi connectivity index (χ2v) is 6.02. The van der Waals surface area contributed by atoms with E-state index in [9.17, 15) is 0 Å². The monoisotopic (exact) mass is 278 g/mol. The fourth-order valence-corrected chi connectivity index (χ4v) is 3.06. The van der Waals surface area contributed by atoms with Crippen molar-refractivity contribution in [1.29, 1.82) is 0 Å². The van der Waals surface area contributed by atoms with E-state index in [0.717, 1.165) is 0 Å². The lowest BCUT2D eigenvalue weighted by atomic mass is 9.96. The number of H-pyrrole nitrogens is 1. The van der Waals surface area contributed by atoms with Crippen LogP contribution in [0.1, 0.15) is 28.3 Å². The summed E-state index contributed by atoms with van der Waals surface area (Å²) in [6, 6.07) is 15.6. The van der Waals surface area contributed by atoms with Gasteiger partial charge in [-0.25, -0.2) is 0 Å². The zero-order valence-corrected chi connectivity index (χ0v) is 13.1. The summed E-state index contributed by atoms with van der Waals surface area (Å²) in [4.78, 5) is 5.72. The molecule has 1 N–H and O–H groups in total. The summed E-state index contributed by atoms with van der Waals surface area (Å²) in [5, 5.41) is 1.31. The molecule has 1 unspecified atom stereocenters. The first-order valence-corrected chi connectivity index (χ1v) is 7.37. The fourth-order valence-electron chi connectivity index (χ4n) is 3.06. The van der Waals surface area contributed by atoms with Crippen molar-refractivity contribution in [3.05, 3.63) is 70.9 Å². The highest BCUT2D eigenvalue weighted by atomic mass is 15.1. The molecule has 21 heavy (non-hydrogen) atoms. The molecule has 0 saturated heterocycles. The summed E-state index contributed by atoms with van der Waals surface area (Å²) in [7, 11) is 4.28. The number of aromatic nitrogens is 1. The maximum atomic E-state index is 3.45. The van der Waals surface area contributed by atoms with Crippen LogP contribution in [0.25, 0.3) is 10.9 Å². The molecule has 0 fully saturated rings. The van der Waals surface area contributed by atoms with Crippen molar-refractivity contribution in [3.63, 3.8) is 0 Å². The van der Waals surface area contributed by atoms with Crippen molar-refractivity contribution < 1.29 is 0 Å². The molecule has 3 rings (SSSR count). The Morgan fingerprint density at radius 1 is 0.952 bits per heavy atom. The van der Waals surface area contributed by atoms with Gasteiger partial charge in [-0.3, -0.25) is 4.90 Å². The van der Waals surface area contributed by atoms with Gasteiger partial charge in [0.05, 0.1) is 6.04 Å². The third kappa shape index (κ3) is 2.47. The van der Waals surface area contributed by atoms with E-state index < -0.39 is 0 Å². The highest BCUT2D eigenvalue weighted by Crippen LogP contribution is 2.33. The lowest BCUT2D eigenvalue weighted by molar-refractivity contribution is 0.344. The molecule has 0 bridgehead atoms. The quantitative estimate of drug-likeness (QED) is 0.750. The van der Waals surface area contributed by atoms with E-state index in [4.69, 9.17) is 0 Å². The summed E-state index contributed by atoms with van der Waals surface area (Å²) in [6.45, 7) is 4.28. The molecule has 0 saturated carbocycles. The molecule has 0 aliphatic carbocycles. The second kappa shape index (κ2) is 5.38. The standard InChI is InChI=1S/C19H22N2/c1-13-8-10-15(11-9-13)19(21(3)4)17-12-20-18-14(2)6-5-7-16(17)18/h5-12,19-20H,1-4H3. The minimum atomic E-state index is 0.265. The zero-order valence-electron chi connectivity index (χ0n) is 13.1. The molecule has 1 atom stereocenters. The topological polar surface area (TPSA) is 19.0 Å². The molecule has 1 aromatic heterocycles. The number of aryl methyl sites for hydroxylation is 2. The molecule has 0 aliphatic rings. The van der Waals surface area contributed by atoms with E-state index in [1.165, 1.54) is 33.2 Å². The number of benzene rings is 2. The lowest BCUT2D eigenvalue weighted by Crippen LogP contribution is -2.20. The van der Waals surface area contributed by atoms with E-state index >= 15 is 0 Å². The molecule has 2 heteroatoms. The van der Waals surface area contributed by atoms with E-state index in [1.54, 1.807) is 0 Å². The van der Waals surface area contributed by atoms with Crippen molar-refractivity contribution in [2.24, 2.45) is 0 Å². The van der Waals surface area contributed by atoms with Crippen LogP contribution in [0.2, 0.25) is 0 Å². The first-order chi connectivity index (χ1) is 10.1. The van der Waals surface area contributed by atoms with Gasteiger partial charge in [0.25, 0.3) is 0 Å². The number of para-hydroxylation sites is 1. The molecule has 0 spiro atoms. The van der Waals surface area contributed by atoms with Gasteiger partial charge in [0.1, 0.15) is 0 Å². The van der Waals surface area contributed by atoms with Crippen LogP contribution in [0.4, 0.5) is 0 Å². The van der Waals surface area contributed by atoms with Crippen LogP contribution in [-0.2, 0) is 0 Å². The van der Waals surface area contributed by atoms with Gasteiger partial charge in [-0.05, 0) is 44.6 Å². The first kappa shape index (κ1) is 13.9. The van der Waals surface area contributed by atoms with Gasteiger partial charge in [0.2, 0.25) is 0 Å². The molecule has 2 aromatic carbocycles. The first-order valence-electron chi connectivity index (χ1n) is 7.37. The Labute approximate surface area is 126 Å². The van der Waals surface area contributed by atoms with Crippen molar-refractivity contribution >= 4 is 10.9 Å². The third-order valence-corrected chi connectivity index (χ3v) is 4.16. The van der Waals surface area contributed by atoms with Gasteiger partial charge in [-0.15, -0.1) is 0 Å². The number of nitrogens with zero attached hydrogens (tertiary/aromatic N) is 1. The van der Waals surface area contributed by atoms with Crippen LogP contribution in [0, 0.1) is 13.8 Å². The number of nitrogens with one attached hydrogen (secondary N) is 1. The summed E-state index contributed by atoms with van der Waals surface area (Å²) >= 11 is 0. The normalized spacial score (nSPS) is 13.0. The SMILES string of the molecule is Cc1ccc(C(c2c[nH]c3c(C)cccc23)N(C)C)cc1. The van der Waals surface area contributed by atoms with Gasteiger partial charge in [0.15, 0.2) is 0 Å². The zero-order chi connectivity index (χ0) is 15.0. The number of rotatable bonds is 3. The lowest BCUT2D eigenvalue weighted by Gasteiger charge is -2.25. The van der Waals surface area contributed by atoms with Gasteiger partial charge in [-0.2, -0.15) is 0 Å². The number of hydrogen-bond acceptors (Lipinski definition) is 1. The summed E-state index contributed by atoms with van der Waals surface area (Å²) in [5.41, 5.74) is 6.49. The third-order valence-electron chi connectivity index (χ3n) is 4.16. The molecular weight excluding hydrogens is 256 g/mol. The Balaban J connectivity index is 2.16. The fraction of sp³-hybridized carbons (Fsp3) is 0.263. The van der Waals surface area contributed by atoms with Crippen molar-refractivity contribution in [2.75, 3.05) is 14.1 Å². The van der Waals surface area contributed by atoms with Crippen molar-refractivity contribution in [2.45, 2.75) is 19.9 Å². The van der Waals surface area contributed by atoms with Crippen LogP contribution in [0.15, 0.2) is 48.7 Å². The van der Waals surface area contributed by atoms with Crippen molar-refractivity contribution in [3.8, 4) is 0 Å². The minimum Gasteiger partial charge on any atom is -0.361 e. The number of fused-ring (bicyclic) bond motifs is 1. The Kier molecular flexibility index (Phi) is 3.56. The summed E-state index contributed by atoms with van der Waals surface area (Å²) in [6.07, 6.45) is 2.15. The maximum Gasteiger partial charge on any atom is 0.0617 e. The predicted molar refractivity (Wildman–Crippen MR) is 89.7 cm³/mol. The smallest absolute Gasteiger partial charge is 0.0617 e. The van der Waals surface area contributed by atoms with E-state index in [-0.39, 0.29) is 6.04 Å². The van der Waals surface area contributed by atoms with E-state index in [1.807, 2.05) is 0 Å². The molecular formula is C19H22N2. The largest absolute Gasteiger partial charge is 0.361 e. The Bertz CT molecular complexity index is 751. The van der Waals surface area contributed by atoms with Crippen LogP contribution in [0.3, 0.4) is 0 Å².